The Morgan fingerprint density at radius 1 is 0.857 bits per heavy atom. The molecule has 0 saturated heterocycles. The Bertz CT molecular complexity index is 1120. The van der Waals surface area contributed by atoms with E-state index < -0.39 is 0 Å². The van der Waals surface area contributed by atoms with Crippen LogP contribution in [0, 0.1) is 20.8 Å². The van der Waals surface area contributed by atoms with E-state index >= 15 is 0 Å². The van der Waals surface area contributed by atoms with Crippen molar-refractivity contribution >= 4 is 22.3 Å². The lowest BCUT2D eigenvalue weighted by molar-refractivity contribution is 0.340. The lowest BCUT2D eigenvalue weighted by Gasteiger charge is -2.11. The topological polar surface area (TPSA) is 52.0 Å². The molecule has 0 spiro atoms. The number of hydrogen-bond donors (Lipinski definition) is 1. The Balaban J connectivity index is 1.87. The van der Waals surface area contributed by atoms with Crippen LogP contribution in [0.4, 0.5) is 11.5 Å². The predicted octanol–water partition coefficient (Wildman–Crippen LogP) is 5.49. The van der Waals surface area contributed by atoms with Gasteiger partial charge in [-0.25, -0.2) is 0 Å². The Hall–Kier alpha value is -3.34. The summed E-state index contributed by atoms with van der Waals surface area (Å²) in [7, 11) is 0. The Morgan fingerprint density at radius 3 is 2.21 bits per heavy atom. The maximum atomic E-state index is 5.58. The van der Waals surface area contributed by atoms with Gasteiger partial charge in [0.2, 0.25) is 0 Å². The van der Waals surface area contributed by atoms with E-state index in [1.807, 2.05) is 56.3 Å². The number of rotatable bonds is 5. The second-order valence-corrected chi connectivity index (χ2v) is 6.81. The number of anilines is 2. The van der Waals surface area contributed by atoms with Crippen molar-refractivity contribution in [3.63, 3.8) is 0 Å². The van der Waals surface area contributed by atoms with Gasteiger partial charge in [-0.3, -0.25) is 0 Å². The van der Waals surface area contributed by atoms with Gasteiger partial charge in [0.1, 0.15) is 5.75 Å². The van der Waals surface area contributed by atoms with Gasteiger partial charge in [-0.15, -0.1) is 5.10 Å². The summed E-state index contributed by atoms with van der Waals surface area (Å²) in [5.41, 5.74) is 5.31. The number of hydrogen-bond acceptors (Lipinski definition) is 4. The first kappa shape index (κ1) is 18.0. The SMILES string of the molecule is CCOc1ccc(-n2c(C)c3c(C)nnc(Nc4ccccc4)c3c2C)cc1. The van der Waals surface area contributed by atoms with Crippen LogP contribution in [0.2, 0.25) is 0 Å². The molecule has 0 aliphatic rings. The monoisotopic (exact) mass is 372 g/mol. The van der Waals surface area contributed by atoms with Crippen LogP contribution in [0.3, 0.4) is 0 Å². The lowest BCUT2D eigenvalue weighted by atomic mass is 10.1. The molecule has 5 nitrogen and oxygen atoms in total. The van der Waals surface area contributed by atoms with E-state index in [2.05, 4.69) is 46.1 Å². The standard InChI is InChI=1S/C23H24N4O/c1-5-28-20-13-11-19(12-14-20)27-16(3)21-15(2)25-26-23(22(21)17(27)4)24-18-9-7-6-8-10-18/h6-14H,5H2,1-4H3,(H,24,26). The zero-order valence-corrected chi connectivity index (χ0v) is 16.7. The van der Waals surface area contributed by atoms with Crippen LogP contribution in [0.5, 0.6) is 5.75 Å². The molecular formula is C23H24N4O. The van der Waals surface area contributed by atoms with Gasteiger partial charge in [-0.05, 0) is 64.1 Å². The van der Waals surface area contributed by atoms with Gasteiger partial charge in [0.15, 0.2) is 5.82 Å². The van der Waals surface area contributed by atoms with Crippen molar-refractivity contribution in [2.75, 3.05) is 11.9 Å². The molecule has 0 aliphatic carbocycles. The fraction of sp³-hybridized carbons (Fsp3) is 0.217. The molecule has 142 valence electrons. The summed E-state index contributed by atoms with van der Waals surface area (Å²) in [4.78, 5) is 0. The van der Waals surface area contributed by atoms with E-state index in [9.17, 15) is 0 Å². The fourth-order valence-electron chi connectivity index (χ4n) is 3.79. The van der Waals surface area contributed by atoms with Crippen LogP contribution in [0.1, 0.15) is 24.0 Å². The van der Waals surface area contributed by atoms with Crippen LogP contribution in [0.15, 0.2) is 54.6 Å². The van der Waals surface area contributed by atoms with Crippen molar-refractivity contribution in [3.8, 4) is 11.4 Å². The highest BCUT2D eigenvalue weighted by Gasteiger charge is 2.19. The Labute approximate surface area is 165 Å². The minimum atomic E-state index is 0.663. The summed E-state index contributed by atoms with van der Waals surface area (Å²) < 4.78 is 7.84. The highest BCUT2D eigenvalue weighted by Crippen LogP contribution is 2.35. The van der Waals surface area contributed by atoms with Crippen LogP contribution in [-0.2, 0) is 0 Å². The minimum Gasteiger partial charge on any atom is -0.494 e. The maximum Gasteiger partial charge on any atom is 0.162 e. The number of fused-ring (bicyclic) bond motifs is 1. The van der Waals surface area contributed by atoms with Crippen molar-refractivity contribution in [1.29, 1.82) is 0 Å². The Kier molecular flexibility index (Phi) is 4.74. The molecule has 4 rings (SSSR count). The van der Waals surface area contributed by atoms with Crippen LogP contribution >= 0.6 is 0 Å². The molecule has 0 unspecified atom stereocenters. The van der Waals surface area contributed by atoms with Gasteiger partial charge < -0.3 is 14.6 Å². The van der Waals surface area contributed by atoms with E-state index in [1.54, 1.807) is 0 Å². The van der Waals surface area contributed by atoms with Gasteiger partial charge in [0.25, 0.3) is 0 Å². The summed E-state index contributed by atoms with van der Waals surface area (Å²) in [6.07, 6.45) is 0. The fourth-order valence-corrected chi connectivity index (χ4v) is 3.79. The minimum absolute atomic E-state index is 0.663. The molecule has 0 radical (unpaired) electrons. The zero-order valence-electron chi connectivity index (χ0n) is 16.7. The number of nitrogens with one attached hydrogen (secondary N) is 1. The Morgan fingerprint density at radius 2 is 1.54 bits per heavy atom. The van der Waals surface area contributed by atoms with Crippen molar-refractivity contribution in [2.45, 2.75) is 27.7 Å². The quantitative estimate of drug-likeness (QED) is 0.503. The number of para-hydroxylation sites is 1. The first-order valence-corrected chi connectivity index (χ1v) is 9.50. The van der Waals surface area contributed by atoms with Crippen molar-refractivity contribution < 1.29 is 4.74 Å². The van der Waals surface area contributed by atoms with Gasteiger partial charge in [-0.1, -0.05) is 18.2 Å². The average molecular weight is 372 g/mol. The molecule has 4 aromatic rings. The van der Waals surface area contributed by atoms with Gasteiger partial charge in [-0.2, -0.15) is 5.10 Å². The second kappa shape index (κ2) is 7.35. The molecule has 2 heterocycles. The molecule has 0 amide bonds. The van der Waals surface area contributed by atoms with Gasteiger partial charge >= 0.3 is 0 Å². The van der Waals surface area contributed by atoms with E-state index in [4.69, 9.17) is 4.74 Å². The van der Waals surface area contributed by atoms with Gasteiger partial charge in [0.05, 0.1) is 12.3 Å². The molecule has 0 aliphatic heterocycles. The molecule has 1 N–H and O–H groups in total. The molecule has 0 fully saturated rings. The van der Waals surface area contributed by atoms with Crippen molar-refractivity contribution in [1.82, 2.24) is 14.8 Å². The molecule has 0 bridgehead atoms. The lowest BCUT2D eigenvalue weighted by Crippen LogP contribution is -2.00. The summed E-state index contributed by atoms with van der Waals surface area (Å²) in [6.45, 7) is 8.92. The number of nitrogens with zero attached hydrogens (tertiary/aromatic N) is 3. The average Bonchev–Trinajstić information content (AvgIpc) is 2.97. The first-order chi connectivity index (χ1) is 13.6. The van der Waals surface area contributed by atoms with E-state index in [-0.39, 0.29) is 0 Å². The highest BCUT2D eigenvalue weighted by molar-refractivity contribution is 5.99. The number of aromatic nitrogens is 3. The summed E-state index contributed by atoms with van der Waals surface area (Å²) >= 11 is 0. The third-order valence-corrected chi connectivity index (χ3v) is 4.99. The zero-order chi connectivity index (χ0) is 19.7. The molecular weight excluding hydrogens is 348 g/mol. The molecule has 28 heavy (non-hydrogen) atoms. The normalized spacial score (nSPS) is 11.0. The predicted molar refractivity (Wildman–Crippen MR) is 114 cm³/mol. The molecule has 2 aromatic heterocycles. The third-order valence-electron chi connectivity index (χ3n) is 4.99. The van der Waals surface area contributed by atoms with E-state index in [1.165, 1.54) is 0 Å². The summed E-state index contributed by atoms with van der Waals surface area (Å²) in [5.74, 6) is 1.65. The molecule has 2 aromatic carbocycles. The van der Waals surface area contributed by atoms with E-state index in [0.717, 1.165) is 50.8 Å². The molecule has 0 atom stereocenters. The maximum absolute atomic E-state index is 5.58. The van der Waals surface area contributed by atoms with Crippen molar-refractivity contribution in [3.05, 3.63) is 71.7 Å². The van der Waals surface area contributed by atoms with Gasteiger partial charge in [0, 0.05) is 33.5 Å². The second-order valence-electron chi connectivity index (χ2n) is 6.81. The number of benzene rings is 2. The van der Waals surface area contributed by atoms with Crippen LogP contribution < -0.4 is 10.1 Å². The first-order valence-electron chi connectivity index (χ1n) is 9.50. The summed E-state index contributed by atoms with van der Waals surface area (Å²) in [5, 5.41) is 14.5. The molecule has 0 saturated carbocycles. The number of ether oxygens (including phenoxy) is 1. The smallest absolute Gasteiger partial charge is 0.162 e. The van der Waals surface area contributed by atoms with Crippen LogP contribution in [-0.4, -0.2) is 21.4 Å². The van der Waals surface area contributed by atoms with E-state index in [0.29, 0.717) is 6.61 Å². The van der Waals surface area contributed by atoms with Crippen molar-refractivity contribution in [2.24, 2.45) is 0 Å². The molecule has 5 heteroatoms. The number of aryl methyl sites for hydroxylation is 3. The summed E-state index contributed by atoms with van der Waals surface area (Å²) in [6, 6.07) is 18.3. The van der Waals surface area contributed by atoms with Crippen LogP contribution in [0.25, 0.3) is 16.5 Å². The third kappa shape index (κ3) is 3.09. The highest BCUT2D eigenvalue weighted by atomic mass is 16.5. The largest absolute Gasteiger partial charge is 0.494 e.